The second-order valence-corrected chi connectivity index (χ2v) is 20.6. The number of rotatable bonds is 11. The van der Waals surface area contributed by atoms with Gasteiger partial charge in [-0.2, -0.15) is 0 Å². The van der Waals surface area contributed by atoms with Gasteiger partial charge in [-0.15, -0.1) is 0 Å². The fourth-order valence-electron chi connectivity index (χ4n) is 6.91. The highest BCUT2D eigenvalue weighted by Crippen LogP contribution is 2.49. The normalized spacial score (nSPS) is 28.9. The molecule has 0 aliphatic carbocycles. The zero-order chi connectivity index (χ0) is 34.0. The Morgan fingerprint density at radius 1 is 1.07 bits per heavy atom. The lowest BCUT2D eigenvalue weighted by atomic mass is 9.78. The van der Waals surface area contributed by atoms with Gasteiger partial charge in [0.1, 0.15) is 24.4 Å². The number of benzene rings is 1. The molecule has 45 heavy (non-hydrogen) atoms. The van der Waals surface area contributed by atoms with Crippen molar-refractivity contribution in [1.29, 1.82) is 0 Å². The maximum absolute atomic E-state index is 7.02. The van der Waals surface area contributed by atoms with Crippen LogP contribution in [0.5, 0.6) is 11.5 Å². The maximum atomic E-state index is 7.02. The summed E-state index contributed by atoms with van der Waals surface area (Å²) in [6.45, 7) is 29.5. The molecule has 1 fully saturated rings. The average Bonchev–Trinajstić information content (AvgIpc) is 3.17. The van der Waals surface area contributed by atoms with Gasteiger partial charge in [-0.3, -0.25) is 0 Å². The molecule has 0 aromatic heterocycles. The first-order chi connectivity index (χ1) is 20.8. The minimum Gasteiger partial charge on any atom is -0.496 e. The van der Waals surface area contributed by atoms with Crippen molar-refractivity contribution in [1.82, 2.24) is 0 Å². The maximum Gasteiger partial charge on any atom is 0.191 e. The van der Waals surface area contributed by atoms with Gasteiger partial charge in [-0.25, -0.2) is 0 Å². The van der Waals surface area contributed by atoms with Crippen molar-refractivity contribution in [2.45, 2.75) is 149 Å². The lowest BCUT2D eigenvalue weighted by Gasteiger charge is -2.39. The van der Waals surface area contributed by atoms with Crippen molar-refractivity contribution >= 4 is 8.32 Å². The van der Waals surface area contributed by atoms with Crippen LogP contribution in [0, 0.1) is 18.8 Å². The molecule has 2 heterocycles. The third-order valence-corrected chi connectivity index (χ3v) is 14.9. The number of methoxy groups -OCH3 is 2. The Balaban J connectivity index is 2.06. The van der Waals surface area contributed by atoms with Gasteiger partial charge in [0.15, 0.2) is 14.1 Å². The summed E-state index contributed by atoms with van der Waals surface area (Å²) in [5.74, 6) is 1.28. The van der Waals surface area contributed by atoms with Crippen LogP contribution >= 0.6 is 0 Å². The Morgan fingerprint density at radius 2 is 1.73 bits per heavy atom. The zero-order valence-corrected chi connectivity index (χ0v) is 32.1. The van der Waals surface area contributed by atoms with Crippen molar-refractivity contribution in [3.05, 3.63) is 34.9 Å². The standard InChI is InChI=1S/C37H64O7Si/c1-16-28-29-20-31(25(3)19-32(29)39-13)42-30(18-17-24(2)21-37(11)34(28)43-36(9,10)44-37)27(5)33(40-23-38-12)26(4)22-41-45(14,15)35(6,7)8/h17,19-20,26-28,30,33-34H,16,18,21-23H2,1-15H3/b24-17-/t26-,27+,28+,30-,33-,34-,37+/m1/s1. The van der Waals surface area contributed by atoms with E-state index in [1.54, 1.807) is 14.2 Å². The largest absolute Gasteiger partial charge is 0.496 e. The molecule has 2 aliphatic heterocycles. The molecule has 1 aromatic rings. The summed E-state index contributed by atoms with van der Waals surface area (Å²) >= 11 is 0. The van der Waals surface area contributed by atoms with E-state index in [0.717, 1.165) is 41.9 Å². The summed E-state index contributed by atoms with van der Waals surface area (Å²) in [7, 11) is 1.49. The first-order valence-corrected chi connectivity index (χ1v) is 19.8. The quantitative estimate of drug-likeness (QED) is 0.135. The lowest BCUT2D eigenvalue weighted by Crippen LogP contribution is -2.45. The predicted octanol–water partition coefficient (Wildman–Crippen LogP) is 9.18. The number of hydrogen-bond donors (Lipinski definition) is 0. The SMILES string of the molecule is CC[C@H]1c2cc(c(C)cc2OC)O[C@@H]([C@H](C)[C@H](OCOC)[C@H](C)CO[Si](C)(C)C(C)(C)C)C/C=C(/C)C[C@]2(C)OC(C)(C)O[C@H]12. The third-order valence-electron chi connectivity index (χ3n) is 10.4. The molecule has 7 nitrogen and oxygen atoms in total. The van der Waals surface area contributed by atoms with E-state index in [2.05, 4.69) is 93.6 Å². The van der Waals surface area contributed by atoms with Crippen LogP contribution in [0.1, 0.15) is 106 Å². The van der Waals surface area contributed by atoms with E-state index in [9.17, 15) is 0 Å². The van der Waals surface area contributed by atoms with Crippen molar-refractivity contribution in [2.75, 3.05) is 27.6 Å². The first-order valence-electron chi connectivity index (χ1n) is 16.9. The number of ether oxygens (including phenoxy) is 6. The Hall–Kier alpha value is -1.42. The lowest BCUT2D eigenvalue weighted by molar-refractivity contribution is -0.160. The molecule has 8 heteroatoms. The summed E-state index contributed by atoms with van der Waals surface area (Å²) in [5, 5.41) is 0.138. The number of hydrogen-bond acceptors (Lipinski definition) is 7. The Bertz CT molecular complexity index is 1160. The molecule has 0 saturated carbocycles. The molecule has 1 saturated heterocycles. The second kappa shape index (κ2) is 14.8. The van der Waals surface area contributed by atoms with Crippen LogP contribution in [0.4, 0.5) is 0 Å². The number of aryl methyl sites for hydroxylation is 1. The molecule has 0 spiro atoms. The highest BCUT2D eigenvalue weighted by Gasteiger charge is 2.53. The van der Waals surface area contributed by atoms with E-state index in [1.807, 2.05) is 13.8 Å². The average molecular weight is 649 g/mol. The molecule has 258 valence electrons. The molecule has 2 aliphatic rings. The summed E-state index contributed by atoms with van der Waals surface area (Å²) in [6, 6.07) is 4.29. The highest BCUT2D eigenvalue weighted by atomic mass is 28.4. The minimum absolute atomic E-state index is 0.0467. The van der Waals surface area contributed by atoms with Gasteiger partial charge in [0.2, 0.25) is 0 Å². The molecule has 7 atom stereocenters. The molecule has 1 aromatic carbocycles. The van der Waals surface area contributed by atoms with Gasteiger partial charge in [-0.05, 0) is 83.3 Å². The highest BCUT2D eigenvalue weighted by molar-refractivity contribution is 6.74. The van der Waals surface area contributed by atoms with Crippen LogP contribution < -0.4 is 9.47 Å². The molecular formula is C37H64O7Si. The second-order valence-electron chi connectivity index (χ2n) is 15.8. The van der Waals surface area contributed by atoms with Crippen LogP contribution in [-0.2, 0) is 23.4 Å². The molecular weight excluding hydrogens is 584 g/mol. The van der Waals surface area contributed by atoms with Crippen LogP contribution in [0.3, 0.4) is 0 Å². The fraction of sp³-hybridized carbons (Fsp3) is 0.784. The summed E-state index contributed by atoms with van der Waals surface area (Å²) in [6.07, 6.45) is 4.28. The van der Waals surface area contributed by atoms with Crippen LogP contribution in [-0.4, -0.2) is 65.6 Å². The molecule has 0 N–H and O–H groups in total. The summed E-state index contributed by atoms with van der Waals surface area (Å²) in [4.78, 5) is 0. The van der Waals surface area contributed by atoms with Crippen molar-refractivity contribution in [2.24, 2.45) is 11.8 Å². The topological polar surface area (TPSA) is 64.6 Å². The predicted molar refractivity (Wildman–Crippen MR) is 185 cm³/mol. The van der Waals surface area contributed by atoms with Gasteiger partial charge < -0.3 is 32.8 Å². The van der Waals surface area contributed by atoms with E-state index >= 15 is 0 Å². The zero-order valence-electron chi connectivity index (χ0n) is 31.1. The van der Waals surface area contributed by atoms with Crippen molar-refractivity contribution in [3.63, 3.8) is 0 Å². The third kappa shape index (κ3) is 8.93. The first kappa shape index (κ1) is 38.0. The van der Waals surface area contributed by atoms with Gasteiger partial charge in [0.25, 0.3) is 0 Å². The van der Waals surface area contributed by atoms with E-state index in [0.29, 0.717) is 6.61 Å². The van der Waals surface area contributed by atoms with Crippen molar-refractivity contribution < 1.29 is 32.8 Å². The van der Waals surface area contributed by atoms with Gasteiger partial charge in [0.05, 0.1) is 24.9 Å². The van der Waals surface area contributed by atoms with Gasteiger partial charge in [0, 0.05) is 43.5 Å². The number of fused-ring (bicyclic) bond motifs is 3. The van der Waals surface area contributed by atoms with Crippen LogP contribution in [0.25, 0.3) is 0 Å². The molecule has 3 rings (SSSR count). The fourth-order valence-corrected chi connectivity index (χ4v) is 8.02. The van der Waals surface area contributed by atoms with Gasteiger partial charge in [-0.1, -0.05) is 53.2 Å². The Kier molecular flexibility index (Phi) is 12.5. The van der Waals surface area contributed by atoms with Crippen LogP contribution in [0.15, 0.2) is 23.8 Å². The summed E-state index contributed by atoms with van der Waals surface area (Å²) in [5.41, 5.74) is 2.89. The molecule has 0 radical (unpaired) electrons. The molecule has 2 bridgehead atoms. The minimum atomic E-state index is -1.92. The molecule has 0 amide bonds. The van der Waals surface area contributed by atoms with E-state index < -0.39 is 19.7 Å². The Morgan fingerprint density at radius 3 is 2.31 bits per heavy atom. The van der Waals surface area contributed by atoms with Crippen LogP contribution in [0.2, 0.25) is 18.1 Å². The molecule has 0 unspecified atom stereocenters. The monoisotopic (exact) mass is 648 g/mol. The van der Waals surface area contributed by atoms with Gasteiger partial charge >= 0.3 is 0 Å². The summed E-state index contributed by atoms with van der Waals surface area (Å²) < 4.78 is 44.9. The Labute approximate surface area is 275 Å². The van der Waals surface area contributed by atoms with E-state index in [4.69, 9.17) is 32.8 Å². The van der Waals surface area contributed by atoms with E-state index in [1.165, 1.54) is 5.57 Å². The smallest absolute Gasteiger partial charge is 0.191 e. The van der Waals surface area contributed by atoms with E-state index in [-0.39, 0.29) is 47.9 Å². The van der Waals surface area contributed by atoms with Crippen molar-refractivity contribution in [3.8, 4) is 11.5 Å².